The summed E-state index contributed by atoms with van der Waals surface area (Å²) >= 11 is 0. The molecule has 0 saturated carbocycles. The van der Waals surface area contributed by atoms with Gasteiger partial charge >= 0.3 is 0 Å². The Morgan fingerprint density at radius 1 is 1.23 bits per heavy atom. The summed E-state index contributed by atoms with van der Waals surface area (Å²) in [5.41, 5.74) is 0. The molecule has 2 fully saturated rings. The van der Waals surface area contributed by atoms with E-state index in [1.54, 1.807) is 0 Å². The van der Waals surface area contributed by atoms with Gasteiger partial charge < -0.3 is 4.90 Å². The molecular formula is C10H17N2O. The molecule has 1 atom stereocenters. The molecule has 2 saturated heterocycles. The first kappa shape index (κ1) is 9.00. The van der Waals surface area contributed by atoms with Crippen molar-refractivity contribution in [2.45, 2.75) is 25.7 Å². The number of rotatable bonds is 1. The van der Waals surface area contributed by atoms with E-state index in [2.05, 4.69) is 5.32 Å². The van der Waals surface area contributed by atoms with Gasteiger partial charge in [0.1, 0.15) is 0 Å². The van der Waals surface area contributed by atoms with Crippen LogP contribution in [0.15, 0.2) is 0 Å². The van der Waals surface area contributed by atoms with E-state index in [-0.39, 0.29) is 5.92 Å². The molecule has 1 radical (unpaired) electrons. The van der Waals surface area contributed by atoms with Crippen molar-refractivity contribution in [2.24, 2.45) is 5.92 Å². The van der Waals surface area contributed by atoms with Crippen LogP contribution in [0.5, 0.6) is 0 Å². The van der Waals surface area contributed by atoms with Crippen molar-refractivity contribution in [3.63, 3.8) is 0 Å². The number of carbonyl (C=O) groups excluding carboxylic acids is 1. The first-order chi connectivity index (χ1) is 6.38. The summed E-state index contributed by atoms with van der Waals surface area (Å²) in [7, 11) is 0. The highest BCUT2D eigenvalue weighted by Crippen LogP contribution is 2.17. The molecule has 0 aliphatic carbocycles. The zero-order valence-electron chi connectivity index (χ0n) is 8.04. The Hall–Kier alpha value is -0.570. The maximum atomic E-state index is 11.9. The minimum Gasteiger partial charge on any atom is -0.342 e. The van der Waals surface area contributed by atoms with Crippen molar-refractivity contribution in [3.8, 4) is 0 Å². The molecule has 0 N–H and O–H groups in total. The fourth-order valence-electron chi connectivity index (χ4n) is 2.19. The monoisotopic (exact) mass is 181 g/mol. The van der Waals surface area contributed by atoms with E-state index < -0.39 is 0 Å². The van der Waals surface area contributed by atoms with Gasteiger partial charge in [-0.15, -0.1) is 0 Å². The summed E-state index contributed by atoms with van der Waals surface area (Å²) in [4.78, 5) is 13.9. The first-order valence-electron chi connectivity index (χ1n) is 5.30. The molecule has 3 nitrogen and oxygen atoms in total. The summed E-state index contributed by atoms with van der Waals surface area (Å²) in [6.45, 7) is 3.70. The third kappa shape index (κ3) is 2.02. The van der Waals surface area contributed by atoms with Crippen molar-refractivity contribution >= 4 is 5.91 Å². The highest BCUT2D eigenvalue weighted by molar-refractivity contribution is 5.79. The van der Waals surface area contributed by atoms with Crippen molar-refractivity contribution in [3.05, 3.63) is 0 Å². The van der Waals surface area contributed by atoms with Gasteiger partial charge in [0.25, 0.3) is 0 Å². The van der Waals surface area contributed by atoms with Crippen molar-refractivity contribution < 1.29 is 4.79 Å². The van der Waals surface area contributed by atoms with Crippen LogP contribution in [0.1, 0.15) is 25.7 Å². The Morgan fingerprint density at radius 2 is 2.00 bits per heavy atom. The van der Waals surface area contributed by atoms with Crippen molar-refractivity contribution in [1.82, 2.24) is 10.2 Å². The standard InChI is InChI=1S/C10H17N2O/c13-10(12-6-1-2-7-12)9-4-3-5-11-8-9/h9H,1-8H2/t9-/m0/s1. The van der Waals surface area contributed by atoms with Gasteiger partial charge in [0.2, 0.25) is 5.91 Å². The summed E-state index contributed by atoms with van der Waals surface area (Å²) in [5, 5.41) is 4.30. The Balaban J connectivity index is 1.87. The van der Waals surface area contributed by atoms with E-state index in [0.29, 0.717) is 5.91 Å². The van der Waals surface area contributed by atoms with Gasteiger partial charge in [0.05, 0.1) is 5.92 Å². The quantitative estimate of drug-likeness (QED) is 0.584. The van der Waals surface area contributed by atoms with Crippen LogP contribution in [-0.4, -0.2) is 37.0 Å². The molecule has 0 spiro atoms. The van der Waals surface area contributed by atoms with Crippen LogP contribution in [0.25, 0.3) is 0 Å². The minimum atomic E-state index is 0.215. The summed E-state index contributed by atoms with van der Waals surface area (Å²) in [6, 6.07) is 0. The van der Waals surface area contributed by atoms with Gasteiger partial charge in [-0.1, -0.05) is 0 Å². The molecule has 13 heavy (non-hydrogen) atoms. The second-order valence-corrected chi connectivity index (χ2v) is 4.00. The Labute approximate surface area is 79.5 Å². The van der Waals surface area contributed by atoms with Gasteiger partial charge in [-0.25, -0.2) is 5.32 Å². The van der Waals surface area contributed by atoms with Crippen LogP contribution in [0.3, 0.4) is 0 Å². The average molecular weight is 181 g/mol. The van der Waals surface area contributed by atoms with E-state index in [1.165, 1.54) is 12.8 Å². The molecule has 0 aromatic rings. The van der Waals surface area contributed by atoms with Crippen LogP contribution >= 0.6 is 0 Å². The van der Waals surface area contributed by atoms with Gasteiger partial charge in [-0.05, 0) is 25.7 Å². The fraction of sp³-hybridized carbons (Fsp3) is 0.900. The van der Waals surface area contributed by atoms with Crippen LogP contribution in [-0.2, 0) is 4.79 Å². The van der Waals surface area contributed by atoms with Gasteiger partial charge in [-0.2, -0.15) is 0 Å². The first-order valence-corrected chi connectivity index (χ1v) is 5.30. The second kappa shape index (κ2) is 4.09. The van der Waals surface area contributed by atoms with E-state index in [9.17, 15) is 4.79 Å². The number of hydrogen-bond donors (Lipinski definition) is 0. The Bertz CT molecular complexity index is 181. The van der Waals surface area contributed by atoms with Gasteiger partial charge in [0.15, 0.2) is 0 Å². The molecule has 3 heteroatoms. The highest BCUT2D eigenvalue weighted by Gasteiger charge is 2.27. The predicted molar refractivity (Wildman–Crippen MR) is 50.4 cm³/mol. The van der Waals surface area contributed by atoms with Crippen molar-refractivity contribution in [1.29, 1.82) is 0 Å². The van der Waals surface area contributed by atoms with E-state index >= 15 is 0 Å². The van der Waals surface area contributed by atoms with Crippen LogP contribution < -0.4 is 5.32 Å². The lowest BCUT2D eigenvalue weighted by atomic mass is 9.98. The third-order valence-corrected chi connectivity index (χ3v) is 2.99. The van der Waals surface area contributed by atoms with E-state index in [0.717, 1.165) is 39.0 Å². The molecule has 0 aromatic carbocycles. The number of amides is 1. The van der Waals surface area contributed by atoms with Crippen LogP contribution in [0.4, 0.5) is 0 Å². The summed E-state index contributed by atoms with van der Waals surface area (Å²) in [5.74, 6) is 0.577. The molecular weight excluding hydrogens is 164 g/mol. The molecule has 2 aliphatic heterocycles. The molecule has 73 valence electrons. The minimum absolute atomic E-state index is 0.215. The number of piperidine rings is 1. The second-order valence-electron chi connectivity index (χ2n) is 4.00. The van der Waals surface area contributed by atoms with E-state index in [1.807, 2.05) is 4.90 Å². The van der Waals surface area contributed by atoms with E-state index in [4.69, 9.17) is 0 Å². The third-order valence-electron chi connectivity index (χ3n) is 2.99. The molecule has 0 bridgehead atoms. The largest absolute Gasteiger partial charge is 0.342 e. The molecule has 1 amide bonds. The molecule has 0 unspecified atom stereocenters. The number of nitrogens with zero attached hydrogens (tertiary/aromatic N) is 2. The van der Waals surface area contributed by atoms with Gasteiger partial charge in [0, 0.05) is 26.2 Å². The molecule has 2 aliphatic rings. The van der Waals surface area contributed by atoms with Crippen LogP contribution in [0, 0.1) is 5.92 Å². The molecule has 2 heterocycles. The maximum absolute atomic E-state index is 11.9. The smallest absolute Gasteiger partial charge is 0.227 e. The van der Waals surface area contributed by atoms with Gasteiger partial charge in [-0.3, -0.25) is 4.79 Å². The maximum Gasteiger partial charge on any atom is 0.227 e. The summed E-state index contributed by atoms with van der Waals surface area (Å²) < 4.78 is 0. The zero-order chi connectivity index (χ0) is 9.10. The predicted octanol–water partition coefficient (Wildman–Crippen LogP) is 0.623. The van der Waals surface area contributed by atoms with Crippen molar-refractivity contribution in [2.75, 3.05) is 26.2 Å². The number of carbonyl (C=O) groups is 1. The lowest BCUT2D eigenvalue weighted by molar-refractivity contribution is -0.134. The van der Waals surface area contributed by atoms with Crippen LogP contribution in [0.2, 0.25) is 0 Å². The Morgan fingerprint density at radius 3 is 2.62 bits per heavy atom. The lowest BCUT2D eigenvalue weighted by Gasteiger charge is -2.25. The SMILES string of the molecule is O=C([C@H]1CCC[N]C1)N1CCCC1. The summed E-state index contributed by atoms with van der Waals surface area (Å²) in [6.07, 6.45) is 4.54. The lowest BCUT2D eigenvalue weighted by Crippen LogP contribution is -2.39. The molecule has 2 rings (SSSR count). The Kier molecular flexibility index (Phi) is 2.83. The highest BCUT2D eigenvalue weighted by atomic mass is 16.2. The topological polar surface area (TPSA) is 34.4 Å². The molecule has 0 aromatic heterocycles. The zero-order valence-corrected chi connectivity index (χ0v) is 8.04. The normalized spacial score (nSPS) is 29.2. The fourth-order valence-corrected chi connectivity index (χ4v) is 2.19. The average Bonchev–Trinajstić information content (AvgIpc) is 2.71. The number of likely N-dealkylation sites (tertiary alicyclic amines) is 1. The number of hydrogen-bond acceptors (Lipinski definition) is 1.